The summed E-state index contributed by atoms with van der Waals surface area (Å²) in [5.41, 5.74) is 9.32. The summed E-state index contributed by atoms with van der Waals surface area (Å²) in [7, 11) is 0. The van der Waals surface area contributed by atoms with Crippen LogP contribution in [0.15, 0.2) is 11.0 Å². The Balaban J connectivity index is 1.76. The Bertz CT molecular complexity index is 732. The third kappa shape index (κ3) is 2.89. The molecule has 3 heterocycles. The molecule has 0 unspecified atom stereocenters. The third-order valence-corrected chi connectivity index (χ3v) is 4.06. The average molecular weight is 302 g/mol. The summed E-state index contributed by atoms with van der Waals surface area (Å²) >= 11 is 0. The number of H-pyrrole nitrogens is 1. The van der Waals surface area contributed by atoms with Crippen molar-refractivity contribution in [3.05, 3.63) is 39.1 Å². The first kappa shape index (κ1) is 14.8. The van der Waals surface area contributed by atoms with Crippen molar-refractivity contribution in [3.8, 4) is 0 Å². The van der Waals surface area contributed by atoms with Crippen molar-refractivity contribution >= 4 is 5.95 Å². The SMILES string of the molecule is CCCn1cc(CN2CCc3nc(N)[nH]c(=O)c3C2)c(C)n1. The van der Waals surface area contributed by atoms with Crippen molar-refractivity contribution in [2.24, 2.45) is 0 Å². The Morgan fingerprint density at radius 3 is 3.05 bits per heavy atom. The minimum atomic E-state index is -0.120. The number of nitrogen functional groups attached to an aromatic ring is 1. The number of aromatic nitrogens is 4. The lowest BCUT2D eigenvalue weighted by molar-refractivity contribution is 0.241. The van der Waals surface area contributed by atoms with E-state index in [0.717, 1.165) is 49.4 Å². The molecular formula is C15H22N6O. The molecule has 2 aromatic heterocycles. The molecule has 0 spiro atoms. The van der Waals surface area contributed by atoms with Crippen LogP contribution in [0.4, 0.5) is 5.95 Å². The summed E-state index contributed by atoms with van der Waals surface area (Å²) in [6, 6.07) is 0. The average Bonchev–Trinajstić information content (AvgIpc) is 2.80. The first-order valence-electron chi connectivity index (χ1n) is 7.69. The Morgan fingerprint density at radius 2 is 2.27 bits per heavy atom. The fraction of sp³-hybridized carbons (Fsp3) is 0.533. The van der Waals surface area contributed by atoms with E-state index >= 15 is 0 Å². The van der Waals surface area contributed by atoms with Gasteiger partial charge >= 0.3 is 0 Å². The van der Waals surface area contributed by atoms with E-state index in [4.69, 9.17) is 5.73 Å². The number of aromatic amines is 1. The molecule has 0 amide bonds. The van der Waals surface area contributed by atoms with Crippen molar-refractivity contribution < 1.29 is 0 Å². The zero-order valence-electron chi connectivity index (χ0n) is 13.1. The topological polar surface area (TPSA) is 92.8 Å². The molecule has 0 saturated heterocycles. The second-order valence-electron chi connectivity index (χ2n) is 5.84. The fourth-order valence-corrected chi connectivity index (χ4v) is 2.93. The fourth-order valence-electron chi connectivity index (χ4n) is 2.93. The van der Waals surface area contributed by atoms with Gasteiger partial charge in [-0.3, -0.25) is 19.4 Å². The van der Waals surface area contributed by atoms with Crippen LogP contribution < -0.4 is 11.3 Å². The molecule has 0 atom stereocenters. The number of nitrogens with two attached hydrogens (primary N) is 1. The van der Waals surface area contributed by atoms with Crippen LogP contribution >= 0.6 is 0 Å². The van der Waals surface area contributed by atoms with E-state index in [1.54, 1.807) is 0 Å². The maximum atomic E-state index is 12.0. The van der Waals surface area contributed by atoms with Crippen molar-refractivity contribution in [1.29, 1.82) is 0 Å². The van der Waals surface area contributed by atoms with E-state index in [2.05, 4.69) is 33.1 Å². The van der Waals surface area contributed by atoms with Gasteiger partial charge in [0.25, 0.3) is 5.56 Å². The Labute approximate surface area is 129 Å². The van der Waals surface area contributed by atoms with Crippen LogP contribution in [-0.2, 0) is 26.1 Å². The van der Waals surface area contributed by atoms with Gasteiger partial charge in [0.2, 0.25) is 5.95 Å². The number of rotatable bonds is 4. The molecule has 118 valence electrons. The summed E-state index contributed by atoms with van der Waals surface area (Å²) in [6.07, 6.45) is 3.94. The number of anilines is 1. The Hall–Kier alpha value is -2.15. The molecule has 0 bridgehead atoms. The van der Waals surface area contributed by atoms with Crippen molar-refractivity contribution in [2.45, 2.75) is 46.3 Å². The number of fused-ring (bicyclic) bond motifs is 1. The lowest BCUT2D eigenvalue weighted by Crippen LogP contribution is -2.35. The predicted molar refractivity (Wildman–Crippen MR) is 84.3 cm³/mol. The standard InChI is InChI=1S/C15H22N6O/c1-3-5-21-8-11(10(2)19-21)7-20-6-4-13-12(9-20)14(22)18-15(16)17-13/h8H,3-7,9H2,1-2H3,(H3,16,17,18,22). The summed E-state index contributed by atoms with van der Waals surface area (Å²) < 4.78 is 2.00. The van der Waals surface area contributed by atoms with E-state index in [-0.39, 0.29) is 11.5 Å². The number of hydrogen-bond acceptors (Lipinski definition) is 5. The highest BCUT2D eigenvalue weighted by Crippen LogP contribution is 2.18. The van der Waals surface area contributed by atoms with Crippen LogP contribution in [0.1, 0.15) is 35.9 Å². The molecule has 2 aromatic rings. The normalized spacial score (nSPS) is 15.0. The molecule has 0 fully saturated rings. The molecule has 7 heteroatoms. The van der Waals surface area contributed by atoms with Gasteiger partial charge in [0, 0.05) is 44.4 Å². The van der Waals surface area contributed by atoms with Gasteiger partial charge in [-0.2, -0.15) is 5.10 Å². The van der Waals surface area contributed by atoms with Gasteiger partial charge in [-0.25, -0.2) is 4.98 Å². The van der Waals surface area contributed by atoms with Crippen LogP contribution in [0.25, 0.3) is 0 Å². The Morgan fingerprint density at radius 1 is 1.45 bits per heavy atom. The quantitative estimate of drug-likeness (QED) is 0.872. The van der Waals surface area contributed by atoms with E-state index < -0.39 is 0 Å². The molecule has 0 aliphatic carbocycles. The monoisotopic (exact) mass is 302 g/mol. The molecule has 1 aliphatic rings. The molecule has 0 radical (unpaired) electrons. The summed E-state index contributed by atoms with van der Waals surface area (Å²) in [5, 5.41) is 4.53. The lowest BCUT2D eigenvalue weighted by Gasteiger charge is -2.27. The van der Waals surface area contributed by atoms with Crippen LogP contribution in [0.3, 0.4) is 0 Å². The van der Waals surface area contributed by atoms with Gasteiger partial charge in [0.1, 0.15) is 0 Å². The highest BCUT2D eigenvalue weighted by Gasteiger charge is 2.21. The van der Waals surface area contributed by atoms with Gasteiger partial charge in [-0.05, 0) is 13.3 Å². The molecule has 0 aromatic carbocycles. The molecule has 0 saturated carbocycles. The maximum Gasteiger partial charge on any atom is 0.257 e. The number of nitrogens with zero attached hydrogens (tertiary/aromatic N) is 4. The second kappa shape index (κ2) is 5.92. The van der Waals surface area contributed by atoms with Gasteiger partial charge < -0.3 is 5.73 Å². The molecular weight excluding hydrogens is 280 g/mol. The van der Waals surface area contributed by atoms with E-state index in [1.807, 2.05) is 11.6 Å². The molecule has 1 aliphatic heterocycles. The van der Waals surface area contributed by atoms with Gasteiger partial charge in [0.15, 0.2) is 0 Å². The second-order valence-corrected chi connectivity index (χ2v) is 5.84. The minimum Gasteiger partial charge on any atom is -0.369 e. The number of aryl methyl sites for hydroxylation is 2. The highest BCUT2D eigenvalue weighted by atomic mass is 16.1. The number of hydrogen-bond donors (Lipinski definition) is 2. The summed E-state index contributed by atoms with van der Waals surface area (Å²) in [4.78, 5) is 21.1. The van der Waals surface area contributed by atoms with Gasteiger partial charge in [0.05, 0.1) is 17.0 Å². The highest BCUT2D eigenvalue weighted by molar-refractivity contribution is 5.27. The Kier molecular flexibility index (Phi) is 3.98. The zero-order valence-corrected chi connectivity index (χ0v) is 13.1. The third-order valence-electron chi connectivity index (χ3n) is 4.06. The van der Waals surface area contributed by atoms with Gasteiger partial charge in [-0.15, -0.1) is 0 Å². The van der Waals surface area contributed by atoms with E-state index in [1.165, 1.54) is 5.56 Å². The van der Waals surface area contributed by atoms with Crippen molar-refractivity contribution in [2.75, 3.05) is 12.3 Å². The molecule has 3 rings (SSSR count). The molecule has 7 nitrogen and oxygen atoms in total. The number of nitrogens with one attached hydrogen (secondary N) is 1. The first-order valence-corrected chi connectivity index (χ1v) is 7.69. The largest absolute Gasteiger partial charge is 0.369 e. The summed E-state index contributed by atoms with van der Waals surface area (Å²) in [6.45, 7) is 7.40. The minimum absolute atomic E-state index is 0.120. The lowest BCUT2D eigenvalue weighted by atomic mass is 10.1. The van der Waals surface area contributed by atoms with Crippen LogP contribution in [0, 0.1) is 6.92 Å². The zero-order chi connectivity index (χ0) is 15.7. The van der Waals surface area contributed by atoms with Crippen molar-refractivity contribution in [3.63, 3.8) is 0 Å². The van der Waals surface area contributed by atoms with Crippen LogP contribution in [0.2, 0.25) is 0 Å². The van der Waals surface area contributed by atoms with E-state index in [0.29, 0.717) is 6.54 Å². The maximum absolute atomic E-state index is 12.0. The van der Waals surface area contributed by atoms with Crippen LogP contribution in [0.5, 0.6) is 0 Å². The predicted octanol–water partition coefficient (Wildman–Crippen LogP) is 0.825. The first-order chi connectivity index (χ1) is 10.6. The smallest absolute Gasteiger partial charge is 0.257 e. The van der Waals surface area contributed by atoms with E-state index in [9.17, 15) is 4.79 Å². The van der Waals surface area contributed by atoms with Gasteiger partial charge in [-0.1, -0.05) is 6.92 Å². The molecule has 22 heavy (non-hydrogen) atoms. The molecule has 3 N–H and O–H groups in total. The van der Waals surface area contributed by atoms with Crippen LogP contribution in [-0.4, -0.2) is 31.2 Å². The summed E-state index contributed by atoms with van der Waals surface area (Å²) in [5.74, 6) is 0.203. The van der Waals surface area contributed by atoms with Crippen molar-refractivity contribution in [1.82, 2.24) is 24.6 Å².